The van der Waals surface area contributed by atoms with E-state index in [9.17, 15) is 9.59 Å². The molecular weight excluding hydrogens is 384 g/mol. The van der Waals surface area contributed by atoms with Crippen LogP contribution in [-0.2, 0) is 17.6 Å². The average molecular weight is 407 g/mol. The molecule has 0 radical (unpaired) electrons. The Morgan fingerprint density at radius 1 is 1.03 bits per heavy atom. The Hall–Kier alpha value is -3.06. The Bertz CT molecular complexity index is 1030. The molecule has 3 aromatic rings. The van der Waals surface area contributed by atoms with Crippen LogP contribution in [0.4, 0.5) is 5.69 Å². The summed E-state index contributed by atoms with van der Waals surface area (Å²) in [6.45, 7) is 0. The lowest BCUT2D eigenvalue weighted by Crippen LogP contribution is -2.15. The van der Waals surface area contributed by atoms with Gasteiger partial charge in [-0.2, -0.15) is 0 Å². The number of rotatable bonds is 6. The van der Waals surface area contributed by atoms with Gasteiger partial charge >= 0.3 is 0 Å². The molecule has 1 aliphatic rings. The van der Waals surface area contributed by atoms with Crippen LogP contribution >= 0.6 is 11.8 Å². The lowest BCUT2D eigenvalue weighted by atomic mass is 10.0. The number of carbonyl (C=O) groups is 2. The van der Waals surface area contributed by atoms with Crippen molar-refractivity contribution in [3.63, 3.8) is 0 Å². The van der Waals surface area contributed by atoms with Gasteiger partial charge in [0.15, 0.2) is 5.16 Å². The number of benzene rings is 2. The van der Waals surface area contributed by atoms with Gasteiger partial charge < -0.3 is 11.1 Å². The van der Waals surface area contributed by atoms with Crippen molar-refractivity contribution >= 4 is 29.3 Å². The van der Waals surface area contributed by atoms with Gasteiger partial charge in [0.05, 0.1) is 11.4 Å². The van der Waals surface area contributed by atoms with Crippen molar-refractivity contribution in [3.8, 4) is 5.69 Å². The van der Waals surface area contributed by atoms with Gasteiger partial charge in [-0.05, 0) is 62.1 Å². The molecule has 0 aliphatic heterocycles. The Labute approximate surface area is 173 Å². The number of amides is 2. The van der Waals surface area contributed by atoms with Crippen LogP contribution in [0.5, 0.6) is 0 Å². The van der Waals surface area contributed by atoms with Crippen LogP contribution in [0.1, 0.15) is 34.6 Å². The summed E-state index contributed by atoms with van der Waals surface area (Å²) in [5.74, 6) is -0.363. The van der Waals surface area contributed by atoms with E-state index < -0.39 is 5.91 Å². The highest BCUT2D eigenvalue weighted by Crippen LogP contribution is 2.30. The number of anilines is 1. The van der Waals surface area contributed by atoms with Crippen molar-refractivity contribution in [1.82, 2.24) is 9.55 Å². The van der Waals surface area contributed by atoms with Crippen molar-refractivity contribution in [2.75, 3.05) is 11.1 Å². The molecule has 0 saturated heterocycles. The number of para-hydroxylation sites is 1. The maximum absolute atomic E-state index is 12.4. The summed E-state index contributed by atoms with van der Waals surface area (Å²) < 4.78 is 2.19. The molecule has 1 aliphatic carbocycles. The van der Waals surface area contributed by atoms with Crippen molar-refractivity contribution < 1.29 is 9.59 Å². The molecule has 3 N–H and O–H groups in total. The zero-order valence-electron chi connectivity index (χ0n) is 15.9. The summed E-state index contributed by atoms with van der Waals surface area (Å²) in [6.07, 6.45) is 4.32. The number of carbonyl (C=O) groups excluding carboxylic acids is 2. The monoisotopic (exact) mass is 406 g/mol. The van der Waals surface area contributed by atoms with Gasteiger partial charge in [-0.25, -0.2) is 4.98 Å². The van der Waals surface area contributed by atoms with Crippen LogP contribution in [-0.4, -0.2) is 27.1 Å². The minimum atomic E-state index is -0.491. The minimum Gasteiger partial charge on any atom is -0.366 e. The number of aryl methyl sites for hydroxylation is 1. The van der Waals surface area contributed by atoms with E-state index in [0.29, 0.717) is 11.3 Å². The third-order valence-electron chi connectivity index (χ3n) is 4.90. The molecular formula is C22H22N4O2S. The second-order valence-corrected chi connectivity index (χ2v) is 7.89. The summed E-state index contributed by atoms with van der Waals surface area (Å²) in [5, 5.41) is 3.70. The van der Waals surface area contributed by atoms with Crippen molar-refractivity contribution in [2.45, 2.75) is 30.8 Å². The number of hydrogen-bond acceptors (Lipinski definition) is 4. The molecule has 2 amide bonds. The molecule has 0 fully saturated rings. The van der Waals surface area contributed by atoms with Crippen LogP contribution in [0.3, 0.4) is 0 Å². The second-order valence-electron chi connectivity index (χ2n) is 6.94. The zero-order valence-corrected chi connectivity index (χ0v) is 16.7. The van der Waals surface area contributed by atoms with Crippen LogP contribution in [0, 0.1) is 0 Å². The van der Waals surface area contributed by atoms with Gasteiger partial charge in [-0.15, -0.1) is 0 Å². The summed E-state index contributed by atoms with van der Waals surface area (Å²) in [6, 6.07) is 16.7. The normalized spacial score (nSPS) is 13.0. The molecule has 0 atom stereocenters. The van der Waals surface area contributed by atoms with E-state index in [1.54, 1.807) is 24.3 Å². The summed E-state index contributed by atoms with van der Waals surface area (Å²) in [5.41, 5.74) is 9.76. The summed E-state index contributed by atoms with van der Waals surface area (Å²) >= 11 is 1.44. The maximum atomic E-state index is 12.4. The molecule has 2 aromatic carbocycles. The molecule has 7 heteroatoms. The van der Waals surface area contributed by atoms with Gasteiger partial charge in [0.2, 0.25) is 11.8 Å². The number of nitrogens with two attached hydrogens (primary N) is 1. The van der Waals surface area contributed by atoms with Crippen molar-refractivity contribution in [2.24, 2.45) is 5.73 Å². The Kier molecular flexibility index (Phi) is 5.67. The number of primary amides is 1. The average Bonchev–Trinajstić information content (AvgIpc) is 3.12. The van der Waals surface area contributed by atoms with E-state index in [4.69, 9.17) is 10.7 Å². The first-order valence-electron chi connectivity index (χ1n) is 9.60. The Morgan fingerprint density at radius 2 is 1.76 bits per heavy atom. The van der Waals surface area contributed by atoms with Gasteiger partial charge in [0.1, 0.15) is 0 Å². The van der Waals surface area contributed by atoms with E-state index in [1.807, 2.05) is 18.2 Å². The maximum Gasteiger partial charge on any atom is 0.248 e. The van der Waals surface area contributed by atoms with E-state index in [2.05, 4.69) is 22.0 Å². The molecule has 29 heavy (non-hydrogen) atoms. The number of thioether (sulfide) groups is 1. The Morgan fingerprint density at radius 3 is 2.48 bits per heavy atom. The van der Waals surface area contributed by atoms with Crippen LogP contribution in [0.25, 0.3) is 5.69 Å². The quantitative estimate of drug-likeness (QED) is 0.612. The predicted octanol–water partition coefficient (Wildman–Crippen LogP) is 3.58. The molecule has 0 saturated carbocycles. The van der Waals surface area contributed by atoms with Crippen molar-refractivity contribution in [1.29, 1.82) is 0 Å². The number of hydrogen-bond donors (Lipinski definition) is 2. The van der Waals surface area contributed by atoms with E-state index in [-0.39, 0.29) is 11.7 Å². The molecule has 0 unspecified atom stereocenters. The topological polar surface area (TPSA) is 90.0 Å². The predicted molar refractivity (Wildman–Crippen MR) is 115 cm³/mol. The SMILES string of the molecule is NC(=O)c1ccc(NC(=O)CSc2nc3c(n2-c2ccccc2)CCCC3)cc1. The van der Waals surface area contributed by atoms with Crippen LogP contribution in [0.15, 0.2) is 59.8 Å². The van der Waals surface area contributed by atoms with Crippen LogP contribution < -0.4 is 11.1 Å². The summed E-state index contributed by atoms with van der Waals surface area (Å²) in [4.78, 5) is 28.4. The third kappa shape index (κ3) is 4.35. The zero-order chi connectivity index (χ0) is 20.2. The lowest BCUT2D eigenvalue weighted by molar-refractivity contribution is -0.113. The first-order valence-corrected chi connectivity index (χ1v) is 10.6. The molecule has 1 aromatic heterocycles. The first kappa shape index (κ1) is 19.3. The van der Waals surface area contributed by atoms with Crippen LogP contribution in [0.2, 0.25) is 0 Å². The minimum absolute atomic E-state index is 0.123. The fourth-order valence-electron chi connectivity index (χ4n) is 3.50. The number of imidazole rings is 1. The smallest absolute Gasteiger partial charge is 0.248 e. The van der Waals surface area contributed by atoms with Gasteiger partial charge in [-0.1, -0.05) is 30.0 Å². The highest BCUT2D eigenvalue weighted by molar-refractivity contribution is 7.99. The number of fused-ring (bicyclic) bond motifs is 1. The number of aromatic nitrogens is 2. The fourth-order valence-corrected chi connectivity index (χ4v) is 4.35. The highest BCUT2D eigenvalue weighted by Gasteiger charge is 2.21. The second kappa shape index (κ2) is 8.53. The molecule has 148 valence electrons. The van der Waals surface area contributed by atoms with E-state index in [0.717, 1.165) is 42.2 Å². The first-order chi connectivity index (χ1) is 14.1. The molecule has 0 spiro atoms. The lowest BCUT2D eigenvalue weighted by Gasteiger charge is -2.15. The molecule has 0 bridgehead atoms. The molecule has 4 rings (SSSR count). The van der Waals surface area contributed by atoms with E-state index in [1.165, 1.54) is 17.5 Å². The van der Waals surface area contributed by atoms with Gasteiger partial charge in [-0.3, -0.25) is 14.2 Å². The van der Waals surface area contributed by atoms with Gasteiger partial charge in [0.25, 0.3) is 0 Å². The number of nitrogens with zero attached hydrogens (tertiary/aromatic N) is 2. The van der Waals surface area contributed by atoms with Crippen molar-refractivity contribution in [3.05, 3.63) is 71.5 Å². The van der Waals surface area contributed by atoms with Gasteiger partial charge in [0, 0.05) is 22.6 Å². The molecule has 1 heterocycles. The fraction of sp³-hybridized carbons (Fsp3) is 0.227. The molecule has 6 nitrogen and oxygen atoms in total. The largest absolute Gasteiger partial charge is 0.366 e. The Balaban J connectivity index is 1.48. The standard InChI is InChI=1S/C22H22N4O2S/c23-21(28)15-10-12-16(13-11-15)24-20(27)14-29-22-25-18-8-4-5-9-19(18)26(22)17-6-2-1-3-7-17/h1-3,6-7,10-13H,4-5,8-9,14H2,(H2,23,28)(H,24,27). The highest BCUT2D eigenvalue weighted by atomic mass is 32.2. The number of nitrogens with one attached hydrogen (secondary N) is 1. The summed E-state index contributed by atoms with van der Waals surface area (Å²) in [7, 11) is 0. The van der Waals surface area contributed by atoms with E-state index >= 15 is 0 Å². The third-order valence-corrected chi connectivity index (χ3v) is 5.84.